The lowest BCUT2D eigenvalue weighted by Crippen LogP contribution is -2.62. The summed E-state index contributed by atoms with van der Waals surface area (Å²) in [7, 11) is 0. The van der Waals surface area contributed by atoms with Crippen molar-refractivity contribution in [1.82, 2.24) is 0 Å². The Bertz CT molecular complexity index is 3790. The van der Waals surface area contributed by atoms with Gasteiger partial charge in [-0.2, -0.15) is 0 Å². The molecule has 0 saturated carbocycles. The zero-order valence-corrected chi connectivity index (χ0v) is 40.8. The van der Waals surface area contributed by atoms with Gasteiger partial charge in [-0.15, -0.1) is 0 Å². The number of nitrogens with zero attached hydrogens (tertiary/aromatic N) is 3. The highest BCUT2D eigenvalue weighted by molar-refractivity contribution is 7.00. The van der Waals surface area contributed by atoms with Crippen molar-refractivity contribution in [2.24, 2.45) is 0 Å². The second-order valence-corrected chi connectivity index (χ2v) is 21.1. The third-order valence-corrected chi connectivity index (χ3v) is 16.4. The molecule has 0 atom stereocenters. The summed E-state index contributed by atoms with van der Waals surface area (Å²) in [6.45, 7) is 9.64. The first-order valence-electron chi connectivity index (χ1n) is 25.4. The lowest BCUT2D eigenvalue weighted by molar-refractivity contribution is 0.464. The van der Waals surface area contributed by atoms with E-state index >= 15 is 0 Å². The molecule has 9 aromatic carbocycles. The van der Waals surface area contributed by atoms with E-state index in [1.54, 1.807) is 0 Å². The van der Waals surface area contributed by atoms with Gasteiger partial charge in [0.15, 0.2) is 0 Å². The number of fused-ring (bicyclic) bond motifs is 8. The number of ether oxygens (including phenoxy) is 2. The fourth-order valence-corrected chi connectivity index (χ4v) is 13.4. The SMILES string of the molecule is CC1(C)c2cc(N(C3=CC=CCC3)c3ccccc3)ccc2-c2cc3c4c(c21)N(c1ccccc1)c1c2c(cc5c1C(C)(C)c1cc(N(c6ccccc6)c6ccccc6)ccc1-5)Oc1cccc(c1B42)O3. The summed E-state index contributed by atoms with van der Waals surface area (Å²) in [5.74, 6) is 3.53. The van der Waals surface area contributed by atoms with Crippen LogP contribution < -0.4 is 40.6 Å². The van der Waals surface area contributed by atoms with Crippen LogP contribution in [0, 0.1) is 0 Å². The third-order valence-electron chi connectivity index (χ3n) is 16.4. The van der Waals surface area contributed by atoms with Gasteiger partial charge < -0.3 is 24.2 Å². The number of hydrogen-bond donors (Lipinski definition) is 0. The molecule has 3 aliphatic carbocycles. The molecule has 3 aliphatic heterocycles. The van der Waals surface area contributed by atoms with Gasteiger partial charge in [-0.1, -0.05) is 131 Å². The van der Waals surface area contributed by atoms with Crippen molar-refractivity contribution in [3.63, 3.8) is 0 Å². The van der Waals surface area contributed by atoms with E-state index in [0.29, 0.717) is 0 Å². The van der Waals surface area contributed by atoms with E-state index in [9.17, 15) is 0 Å². The maximum atomic E-state index is 7.20. The van der Waals surface area contributed by atoms with E-state index in [-0.39, 0.29) is 6.71 Å². The third kappa shape index (κ3) is 5.66. The van der Waals surface area contributed by atoms with Crippen LogP contribution in [-0.4, -0.2) is 6.71 Å². The minimum absolute atomic E-state index is 0.110. The number of benzene rings is 9. The number of anilines is 8. The van der Waals surface area contributed by atoms with Gasteiger partial charge in [0.25, 0.3) is 6.71 Å². The standard InChI is InChI=1S/C66H50BN3O2/c1-65(2)52-37-46(68(41-21-10-5-11-22-41)42-23-12-6-13-24-42)33-35-48(52)50-39-56-61-63(58(50)65)70(45-29-18-9-19-30-45)64-59-51(40-57-62(64)67(61)60-54(71-56)31-20-32-55(60)72-57)49-36-34-47(38-53(49)66(59,3)4)69(43-25-14-7-15-26-43)44-27-16-8-17-28-44/h5-16,18-27,29-40H,17,28H2,1-4H3. The predicted octanol–water partition coefficient (Wildman–Crippen LogP) is 15.7. The molecule has 0 radical (unpaired) electrons. The number of hydrogen-bond acceptors (Lipinski definition) is 5. The van der Waals surface area contributed by atoms with Crippen molar-refractivity contribution in [2.45, 2.75) is 51.4 Å². The van der Waals surface area contributed by atoms with Gasteiger partial charge in [-0.3, -0.25) is 0 Å². The lowest BCUT2D eigenvalue weighted by Gasteiger charge is -2.46. The second-order valence-electron chi connectivity index (χ2n) is 21.1. The molecule has 0 aromatic heterocycles. The largest absolute Gasteiger partial charge is 0.458 e. The topological polar surface area (TPSA) is 28.2 Å². The minimum Gasteiger partial charge on any atom is -0.458 e. The molecule has 9 aromatic rings. The lowest BCUT2D eigenvalue weighted by atomic mass is 9.32. The van der Waals surface area contributed by atoms with Gasteiger partial charge in [0.2, 0.25) is 0 Å². The van der Waals surface area contributed by atoms with Crippen LogP contribution in [0.3, 0.4) is 0 Å². The quantitative estimate of drug-likeness (QED) is 0.149. The van der Waals surface area contributed by atoms with Crippen molar-refractivity contribution >= 4 is 68.6 Å². The molecule has 0 unspecified atom stereocenters. The minimum atomic E-state index is -0.419. The first-order valence-corrected chi connectivity index (χ1v) is 25.4. The van der Waals surface area contributed by atoms with Crippen LogP contribution in [0.2, 0.25) is 0 Å². The fraction of sp³-hybridized carbons (Fsp3) is 0.121. The van der Waals surface area contributed by atoms with E-state index in [2.05, 4.69) is 249 Å². The number of rotatable bonds is 7. The highest BCUT2D eigenvalue weighted by Gasteiger charge is 2.54. The maximum Gasteiger partial charge on any atom is 0.266 e. The molecule has 72 heavy (non-hydrogen) atoms. The van der Waals surface area contributed by atoms with Gasteiger partial charge in [0.05, 0.1) is 0 Å². The molecule has 6 heteroatoms. The van der Waals surface area contributed by atoms with E-state index in [1.165, 1.54) is 83.9 Å². The first kappa shape index (κ1) is 41.3. The van der Waals surface area contributed by atoms with Crippen LogP contribution in [0.4, 0.5) is 45.5 Å². The van der Waals surface area contributed by atoms with Crippen molar-refractivity contribution in [1.29, 1.82) is 0 Å². The Labute approximate surface area is 421 Å². The molecule has 5 nitrogen and oxygen atoms in total. The molecule has 344 valence electrons. The second kappa shape index (κ2) is 15.0. The molecule has 0 N–H and O–H groups in total. The summed E-state index contributed by atoms with van der Waals surface area (Å²) in [5, 5.41) is 0. The smallest absolute Gasteiger partial charge is 0.266 e. The van der Waals surface area contributed by atoms with Crippen LogP contribution in [0.15, 0.2) is 212 Å². The van der Waals surface area contributed by atoms with Gasteiger partial charge in [-0.25, -0.2) is 0 Å². The van der Waals surface area contributed by atoms with E-state index in [1.807, 2.05) is 0 Å². The summed E-state index contributed by atoms with van der Waals surface area (Å²) in [5.41, 5.74) is 23.4. The molecule has 15 rings (SSSR count). The van der Waals surface area contributed by atoms with Crippen LogP contribution in [0.1, 0.15) is 62.8 Å². The van der Waals surface area contributed by atoms with Gasteiger partial charge in [0.1, 0.15) is 23.0 Å². The Kier molecular flexibility index (Phi) is 8.62. The molecule has 0 amide bonds. The predicted molar refractivity (Wildman–Crippen MR) is 297 cm³/mol. The Hall–Kier alpha value is -8.48. The Morgan fingerprint density at radius 2 is 0.917 bits per heavy atom. The first-order chi connectivity index (χ1) is 35.3. The number of allylic oxidation sites excluding steroid dienone is 4. The number of para-hydroxylation sites is 4. The van der Waals surface area contributed by atoms with Crippen LogP contribution >= 0.6 is 0 Å². The zero-order chi connectivity index (χ0) is 48.0. The van der Waals surface area contributed by atoms with Crippen molar-refractivity contribution < 1.29 is 9.47 Å². The van der Waals surface area contributed by atoms with Crippen LogP contribution in [0.5, 0.6) is 23.0 Å². The molecular formula is C66H50BN3O2. The molecule has 3 heterocycles. The average Bonchev–Trinajstić information content (AvgIpc) is 3.78. The van der Waals surface area contributed by atoms with Gasteiger partial charge >= 0.3 is 0 Å². The highest BCUT2D eigenvalue weighted by Crippen LogP contribution is 2.62. The monoisotopic (exact) mass is 927 g/mol. The fourth-order valence-electron chi connectivity index (χ4n) is 13.4. The maximum absolute atomic E-state index is 7.20. The summed E-state index contributed by atoms with van der Waals surface area (Å²) < 4.78 is 14.4. The molecule has 0 fully saturated rings. The van der Waals surface area contributed by atoms with Crippen molar-refractivity contribution in [3.8, 4) is 45.3 Å². The van der Waals surface area contributed by atoms with Gasteiger partial charge in [-0.05, 0) is 171 Å². The Morgan fingerprint density at radius 1 is 0.444 bits per heavy atom. The molecule has 0 bridgehead atoms. The van der Waals surface area contributed by atoms with Crippen LogP contribution in [-0.2, 0) is 10.8 Å². The molecule has 0 spiro atoms. The van der Waals surface area contributed by atoms with Gasteiger partial charge in [0, 0.05) is 67.5 Å². The summed E-state index contributed by atoms with van der Waals surface area (Å²) in [6, 6.07) is 68.7. The normalized spacial score (nSPS) is 15.8. The van der Waals surface area contributed by atoms with E-state index in [0.717, 1.165) is 64.1 Å². The molecule has 6 aliphatic rings. The average molecular weight is 928 g/mol. The van der Waals surface area contributed by atoms with E-state index in [4.69, 9.17) is 9.47 Å². The Balaban J connectivity index is 0.982. The van der Waals surface area contributed by atoms with E-state index < -0.39 is 10.8 Å². The Morgan fingerprint density at radius 3 is 1.40 bits per heavy atom. The molecular weight excluding hydrogens is 878 g/mol. The summed E-state index contributed by atoms with van der Waals surface area (Å²) in [6.07, 6.45) is 8.75. The zero-order valence-electron chi connectivity index (χ0n) is 40.8. The van der Waals surface area contributed by atoms with Crippen LogP contribution in [0.25, 0.3) is 22.3 Å². The summed E-state index contributed by atoms with van der Waals surface area (Å²) in [4.78, 5) is 7.46. The van der Waals surface area contributed by atoms with Crippen molar-refractivity contribution in [2.75, 3.05) is 14.7 Å². The highest BCUT2D eigenvalue weighted by atomic mass is 16.5. The molecule has 0 saturated heterocycles. The summed E-state index contributed by atoms with van der Waals surface area (Å²) >= 11 is 0. The van der Waals surface area contributed by atoms with Crippen molar-refractivity contribution in [3.05, 3.63) is 234 Å².